The monoisotopic (exact) mass is 1050 g/mol. The Morgan fingerprint density at radius 1 is 0.549 bits per heavy atom. The second-order valence-electron chi connectivity index (χ2n) is 19.2. The van der Waals surface area contributed by atoms with E-state index in [1.54, 1.807) is 20.7 Å². The zero-order chi connectivity index (χ0) is 50.5. The van der Waals surface area contributed by atoms with Crippen molar-refractivity contribution in [3.05, 3.63) is 136 Å². The Morgan fingerprint density at radius 3 is 1.51 bits per heavy atom. The van der Waals surface area contributed by atoms with E-state index in [0.717, 1.165) is 62.2 Å². The van der Waals surface area contributed by atoms with Crippen LogP contribution >= 0.6 is 34.8 Å². The standard InChI is InChI=1S/C21H24Cl3N3O2S.C11H20N3.C10H15N4.C10H17N3/c22-17-6-4-16(5-7-17)21-15-26(30(28,29)25-10-2-1-3-11-25)12-13-27(21)20-9-8-18(23)14-19(20)24;1-11-12(2)8-9-14(11)10-13-6-4-3-5-7-13;1-9-11-4-5-13(9)8-14-7-6-12(3)10(14)2;1-10-11-5-8-13(10)9-12-6-3-2-4-7-12/h4-9,14,21H,1-3,10-13,15H2;8-9H,3-7,10H2,1-2H3;4-7H,8H2,1-3H3;5,8H,2-4,6-7,9H2,1H3/q;2*+1;. The average molecular weight is 1050 g/mol. The molecule has 0 spiro atoms. The topological polar surface area (TPSA) is 104 Å². The Balaban J connectivity index is 0.000000151. The van der Waals surface area contributed by atoms with Gasteiger partial charge in [0.2, 0.25) is 0 Å². The molecule has 71 heavy (non-hydrogen) atoms. The molecule has 0 bridgehead atoms. The molecule has 8 heterocycles. The largest absolute Gasteiger partial charge is 0.361 e. The number of likely N-dealkylation sites (tertiary alicyclic amines) is 2. The Labute approximate surface area is 438 Å². The van der Waals surface area contributed by atoms with E-state index in [9.17, 15) is 8.42 Å². The van der Waals surface area contributed by atoms with Crippen LogP contribution in [0.25, 0.3) is 0 Å². The summed E-state index contributed by atoms with van der Waals surface area (Å²) in [5.41, 5.74) is 1.83. The van der Waals surface area contributed by atoms with Gasteiger partial charge < -0.3 is 9.47 Å². The van der Waals surface area contributed by atoms with Crippen LogP contribution in [-0.4, -0.2) is 114 Å². The summed E-state index contributed by atoms with van der Waals surface area (Å²) in [5, 5.41) is 1.76. The minimum absolute atomic E-state index is 0.186. The second kappa shape index (κ2) is 26.1. The smallest absolute Gasteiger partial charge is 0.282 e. The Morgan fingerprint density at radius 2 is 1.03 bits per heavy atom. The van der Waals surface area contributed by atoms with Gasteiger partial charge in [0, 0.05) is 94.5 Å². The van der Waals surface area contributed by atoms with E-state index in [1.807, 2.05) is 62.9 Å². The lowest BCUT2D eigenvalue weighted by molar-refractivity contribution is -0.677. The van der Waals surface area contributed by atoms with Crippen molar-refractivity contribution in [2.75, 3.05) is 63.8 Å². The highest BCUT2D eigenvalue weighted by molar-refractivity contribution is 7.86. The van der Waals surface area contributed by atoms with Gasteiger partial charge in [-0.2, -0.15) is 17.0 Å². The molecule has 1 unspecified atom stereocenters. The molecule has 0 saturated carbocycles. The van der Waals surface area contributed by atoms with Crippen molar-refractivity contribution in [2.24, 2.45) is 14.1 Å². The van der Waals surface area contributed by atoms with Gasteiger partial charge in [-0.05, 0) is 101 Å². The Bertz CT molecular complexity index is 2680. The number of aromatic nitrogens is 8. The summed E-state index contributed by atoms with van der Waals surface area (Å²) in [7, 11) is 0.651. The maximum atomic E-state index is 13.3. The SMILES string of the molecule is Cc1n(CN2CCCCC2)cc[n+]1C.Cc1nccn1CN1CCCCC1.Cc1nccn1Cn1cc[n+](C)c1C.O=S(=O)(N1CCCCC1)N1CCN(c2ccc(Cl)cc2Cl)C(c2ccc(Cl)cc2)C1. The number of hydrogen-bond acceptors (Lipinski definition) is 7. The van der Waals surface area contributed by atoms with Crippen LogP contribution in [-0.2, 0) is 44.3 Å². The molecule has 386 valence electrons. The number of hydrogen-bond donors (Lipinski definition) is 0. The van der Waals surface area contributed by atoms with E-state index in [-0.39, 0.29) is 6.04 Å². The molecule has 1 atom stereocenters. The first-order chi connectivity index (χ1) is 34.2. The number of benzene rings is 2. The van der Waals surface area contributed by atoms with E-state index in [0.29, 0.717) is 47.8 Å². The lowest BCUT2D eigenvalue weighted by Gasteiger charge is -2.44. The normalized spacial score (nSPS) is 18.5. The zero-order valence-electron chi connectivity index (χ0n) is 42.8. The fraction of sp³-hybridized carbons (Fsp3) is 0.538. The Hall–Kier alpha value is -4.26. The van der Waals surface area contributed by atoms with Gasteiger partial charge in [0.05, 0.1) is 37.5 Å². The van der Waals surface area contributed by atoms with E-state index in [2.05, 4.69) is 111 Å². The molecule has 15 nitrogen and oxygen atoms in total. The number of piperazine rings is 1. The molecule has 0 radical (unpaired) electrons. The van der Waals surface area contributed by atoms with Crippen molar-refractivity contribution >= 4 is 50.7 Å². The second-order valence-corrected chi connectivity index (χ2v) is 22.4. The van der Waals surface area contributed by atoms with E-state index < -0.39 is 10.2 Å². The first-order valence-corrected chi connectivity index (χ1v) is 27.9. The molecule has 4 fully saturated rings. The summed E-state index contributed by atoms with van der Waals surface area (Å²) in [5.74, 6) is 4.72. The molecule has 4 saturated heterocycles. The van der Waals surface area contributed by atoms with Gasteiger partial charge in [-0.3, -0.25) is 14.4 Å². The highest BCUT2D eigenvalue weighted by Crippen LogP contribution is 2.38. The fourth-order valence-corrected chi connectivity index (χ4v) is 11.9. The third-order valence-corrected chi connectivity index (χ3v) is 17.1. The van der Waals surface area contributed by atoms with Crippen LogP contribution in [0.3, 0.4) is 0 Å². The number of nitrogens with zero attached hydrogens (tertiary/aromatic N) is 13. The summed E-state index contributed by atoms with van der Waals surface area (Å²) in [6, 6.07) is 12.8. The number of halogens is 3. The minimum Gasteiger partial charge on any atom is -0.361 e. The summed E-state index contributed by atoms with van der Waals surface area (Å²) in [4.78, 5) is 15.6. The van der Waals surface area contributed by atoms with Crippen LogP contribution in [0, 0.1) is 27.7 Å². The van der Waals surface area contributed by atoms with Crippen molar-refractivity contribution in [3.8, 4) is 0 Å². The summed E-state index contributed by atoms with van der Waals surface area (Å²) < 4.78 is 42.9. The van der Waals surface area contributed by atoms with Crippen molar-refractivity contribution in [1.29, 1.82) is 0 Å². The average Bonchev–Trinajstić information content (AvgIpc) is 4.15. The van der Waals surface area contributed by atoms with Gasteiger partial charge in [-0.1, -0.05) is 66.2 Å². The van der Waals surface area contributed by atoms with E-state index >= 15 is 0 Å². The fourth-order valence-electron chi connectivity index (χ4n) is 9.60. The first kappa shape index (κ1) is 54.5. The van der Waals surface area contributed by atoms with Crippen LogP contribution in [0.1, 0.15) is 92.7 Å². The third-order valence-electron chi connectivity index (χ3n) is 14.3. The van der Waals surface area contributed by atoms with Crippen LogP contribution in [0.4, 0.5) is 5.69 Å². The lowest BCUT2D eigenvalue weighted by Crippen LogP contribution is -2.55. The maximum Gasteiger partial charge on any atom is 0.282 e. The summed E-state index contributed by atoms with van der Waals surface area (Å²) >= 11 is 18.7. The van der Waals surface area contributed by atoms with Crippen molar-refractivity contribution in [3.63, 3.8) is 0 Å². The molecule has 0 amide bonds. The van der Waals surface area contributed by atoms with Crippen molar-refractivity contribution < 1.29 is 17.6 Å². The predicted octanol–water partition coefficient (Wildman–Crippen LogP) is 8.57. The van der Waals surface area contributed by atoms with Gasteiger partial charge >= 0.3 is 0 Å². The molecule has 4 aliphatic heterocycles. The van der Waals surface area contributed by atoms with Gasteiger partial charge in [-0.25, -0.2) is 28.2 Å². The van der Waals surface area contributed by atoms with Crippen LogP contribution < -0.4 is 14.0 Å². The van der Waals surface area contributed by atoms with Crippen molar-refractivity contribution in [1.82, 2.24) is 46.6 Å². The molecule has 6 aromatic rings. The van der Waals surface area contributed by atoms with Gasteiger partial charge in [-0.15, -0.1) is 0 Å². The summed E-state index contributed by atoms with van der Waals surface area (Å²) in [6.45, 7) is 18.8. The van der Waals surface area contributed by atoms with Crippen LogP contribution in [0.5, 0.6) is 0 Å². The number of rotatable bonds is 10. The minimum atomic E-state index is -3.50. The number of piperidine rings is 3. The number of imidazole rings is 4. The van der Waals surface area contributed by atoms with Gasteiger partial charge in [0.15, 0.2) is 6.67 Å². The van der Waals surface area contributed by atoms with Gasteiger partial charge in [0.25, 0.3) is 21.9 Å². The third kappa shape index (κ3) is 14.9. The molecule has 0 aliphatic carbocycles. The number of anilines is 1. The highest BCUT2D eigenvalue weighted by Gasteiger charge is 2.38. The van der Waals surface area contributed by atoms with Crippen LogP contribution in [0.2, 0.25) is 15.1 Å². The molecule has 0 N–H and O–H groups in total. The first-order valence-electron chi connectivity index (χ1n) is 25.3. The highest BCUT2D eigenvalue weighted by atomic mass is 35.5. The van der Waals surface area contributed by atoms with Crippen molar-refractivity contribution in [2.45, 2.75) is 112 Å². The maximum absolute atomic E-state index is 13.3. The quantitative estimate of drug-likeness (QED) is 0.127. The van der Waals surface area contributed by atoms with Gasteiger partial charge in [0.1, 0.15) is 43.1 Å². The summed E-state index contributed by atoms with van der Waals surface area (Å²) in [6.07, 6.45) is 27.4. The molecule has 4 aromatic heterocycles. The molecule has 19 heteroatoms. The Kier molecular flexibility index (Phi) is 20.0. The molecule has 4 aliphatic rings. The van der Waals surface area contributed by atoms with E-state index in [1.165, 1.54) is 76.4 Å². The van der Waals surface area contributed by atoms with Crippen LogP contribution in [0.15, 0.2) is 92.0 Å². The lowest BCUT2D eigenvalue weighted by atomic mass is 10.0. The number of aryl methyl sites for hydroxylation is 4. The zero-order valence-corrected chi connectivity index (χ0v) is 45.8. The molecule has 10 rings (SSSR count). The molecule has 2 aromatic carbocycles. The van der Waals surface area contributed by atoms with E-state index in [4.69, 9.17) is 34.8 Å². The molecular weight excluding hydrogens is 977 g/mol. The molecular formula is C52H76Cl3N13O2S+2. The predicted molar refractivity (Wildman–Crippen MR) is 285 cm³/mol.